The van der Waals surface area contributed by atoms with Crippen molar-refractivity contribution >= 4 is 0 Å². The van der Waals surface area contributed by atoms with Gasteiger partial charge in [-0.2, -0.15) is 0 Å². The molecule has 2 N–H and O–H groups in total. The molecule has 11 heavy (non-hydrogen) atoms. The minimum absolute atomic E-state index is 0.0538. The van der Waals surface area contributed by atoms with Crippen LogP contribution in [0.5, 0.6) is 0 Å². The molecule has 0 aromatic heterocycles. The summed E-state index contributed by atoms with van der Waals surface area (Å²) in [5.74, 6) is 0. The van der Waals surface area contributed by atoms with E-state index in [1.54, 1.807) is 0 Å². The van der Waals surface area contributed by atoms with Gasteiger partial charge in [-0.15, -0.1) is 0 Å². The van der Waals surface area contributed by atoms with E-state index in [9.17, 15) is 0 Å². The Morgan fingerprint density at radius 1 is 1.09 bits per heavy atom. The maximum Gasteiger partial charge on any atom is 0.0159 e. The first kappa shape index (κ1) is 7.60. The van der Waals surface area contributed by atoms with Gasteiger partial charge in [-0.1, -0.05) is 6.92 Å². The van der Waals surface area contributed by atoms with Gasteiger partial charge in [0.2, 0.25) is 0 Å². The third-order valence-electron chi connectivity index (χ3n) is 4.14. The van der Waals surface area contributed by atoms with E-state index in [0.29, 0.717) is 10.8 Å². The third-order valence-corrected chi connectivity index (χ3v) is 4.14. The second-order valence-corrected chi connectivity index (χ2v) is 5.36. The normalized spacial score (nSPS) is 31.6. The van der Waals surface area contributed by atoms with Crippen molar-refractivity contribution in [1.82, 2.24) is 0 Å². The van der Waals surface area contributed by atoms with Crippen molar-refractivity contribution < 1.29 is 0 Å². The molecule has 0 saturated heterocycles. The molecule has 0 bridgehead atoms. The fraction of sp³-hybridized carbons (Fsp3) is 1.00. The average Bonchev–Trinajstić information content (AvgIpc) is 2.49. The molecule has 0 aromatic carbocycles. The lowest BCUT2D eigenvalue weighted by molar-refractivity contribution is 0.183. The summed E-state index contributed by atoms with van der Waals surface area (Å²) in [5, 5.41) is 0. The number of nitrogens with two attached hydrogens (primary N) is 1. The highest BCUT2D eigenvalue weighted by Gasteiger charge is 2.67. The van der Waals surface area contributed by atoms with Gasteiger partial charge in [0, 0.05) is 5.54 Å². The molecule has 2 aliphatic rings. The molecule has 0 amide bonds. The minimum atomic E-state index is 0.0538. The first-order chi connectivity index (χ1) is 4.91. The van der Waals surface area contributed by atoms with Crippen molar-refractivity contribution in [2.45, 2.75) is 52.0 Å². The smallest absolute Gasteiger partial charge is 0.0159 e. The summed E-state index contributed by atoms with van der Waals surface area (Å²) in [5.41, 5.74) is 7.39. The molecule has 0 unspecified atom stereocenters. The zero-order chi connectivity index (χ0) is 8.33. The van der Waals surface area contributed by atoms with Crippen LogP contribution in [0.25, 0.3) is 0 Å². The summed E-state index contributed by atoms with van der Waals surface area (Å²) in [6.45, 7) is 6.81. The van der Waals surface area contributed by atoms with E-state index in [1.165, 1.54) is 25.7 Å². The van der Waals surface area contributed by atoms with Crippen molar-refractivity contribution in [3.63, 3.8) is 0 Å². The predicted octanol–water partition coefficient (Wildman–Crippen LogP) is 2.30. The lowest BCUT2D eigenvalue weighted by Gasteiger charge is -2.36. The Labute approximate surface area is 69.4 Å². The molecule has 0 atom stereocenters. The van der Waals surface area contributed by atoms with Crippen LogP contribution in [0.15, 0.2) is 0 Å². The largest absolute Gasteiger partial charge is 0.325 e. The molecular formula is C10H19N. The molecule has 0 spiro atoms. The van der Waals surface area contributed by atoms with Gasteiger partial charge in [-0.3, -0.25) is 0 Å². The summed E-state index contributed by atoms with van der Waals surface area (Å²) >= 11 is 0. The van der Waals surface area contributed by atoms with E-state index in [0.717, 1.165) is 0 Å². The molecule has 2 rings (SSSR count). The van der Waals surface area contributed by atoms with Crippen molar-refractivity contribution in [3.8, 4) is 0 Å². The van der Waals surface area contributed by atoms with Gasteiger partial charge in [0.15, 0.2) is 0 Å². The molecule has 1 nitrogen and oxygen atoms in total. The highest BCUT2D eigenvalue weighted by atomic mass is 14.9. The Bertz CT molecular complexity index is 172. The van der Waals surface area contributed by atoms with Crippen LogP contribution in [0.3, 0.4) is 0 Å². The highest BCUT2D eigenvalue weighted by molar-refractivity contribution is 5.19. The van der Waals surface area contributed by atoms with Crippen LogP contribution in [0.1, 0.15) is 46.5 Å². The molecule has 2 saturated carbocycles. The Hall–Kier alpha value is -0.0400. The Kier molecular flexibility index (Phi) is 1.15. The quantitative estimate of drug-likeness (QED) is 0.647. The van der Waals surface area contributed by atoms with Crippen LogP contribution >= 0.6 is 0 Å². The Morgan fingerprint density at radius 2 is 1.55 bits per heavy atom. The zero-order valence-corrected chi connectivity index (χ0v) is 7.91. The number of rotatable bonds is 2. The molecule has 2 aliphatic carbocycles. The van der Waals surface area contributed by atoms with Crippen LogP contribution in [0.2, 0.25) is 0 Å². The van der Waals surface area contributed by atoms with Gasteiger partial charge in [0.05, 0.1) is 0 Å². The molecule has 0 radical (unpaired) electrons. The van der Waals surface area contributed by atoms with E-state index in [2.05, 4.69) is 20.8 Å². The van der Waals surface area contributed by atoms with Crippen molar-refractivity contribution in [1.29, 1.82) is 0 Å². The third kappa shape index (κ3) is 0.807. The fourth-order valence-corrected chi connectivity index (χ4v) is 2.82. The van der Waals surface area contributed by atoms with Gasteiger partial charge in [-0.05, 0) is 50.4 Å². The van der Waals surface area contributed by atoms with Crippen molar-refractivity contribution in [2.75, 3.05) is 0 Å². The van der Waals surface area contributed by atoms with E-state index in [1.807, 2.05) is 0 Å². The summed E-state index contributed by atoms with van der Waals surface area (Å²) < 4.78 is 0. The lowest BCUT2D eigenvalue weighted by atomic mass is 9.73. The molecule has 2 fully saturated rings. The van der Waals surface area contributed by atoms with Crippen LogP contribution in [0.4, 0.5) is 0 Å². The van der Waals surface area contributed by atoms with Crippen molar-refractivity contribution in [3.05, 3.63) is 0 Å². The topological polar surface area (TPSA) is 26.0 Å². The van der Waals surface area contributed by atoms with Crippen molar-refractivity contribution in [2.24, 2.45) is 16.6 Å². The molecule has 1 heteroatoms. The minimum Gasteiger partial charge on any atom is -0.325 e. The van der Waals surface area contributed by atoms with E-state index in [4.69, 9.17) is 5.73 Å². The second kappa shape index (κ2) is 1.66. The second-order valence-electron chi connectivity index (χ2n) is 5.36. The maximum absolute atomic E-state index is 6.20. The van der Waals surface area contributed by atoms with Crippen LogP contribution in [-0.4, -0.2) is 5.54 Å². The Balaban J connectivity index is 2.23. The average molecular weight is 153 g/mol. The SMILES string of the molecule is CC(C)(N)C1(C2(C)CC2)CC1. The van der Waals surface area contributed by atoms with Crippen LogP contribution < -0.4 is 5.73 Å². The standard InChI is InChI=1S/C10H19N/c1-8(2,11)10(6-7-10)9(3)4-5-9/h4-7,11H2,1-3H3. The number of hydrogen-bond acceptors (Lipinski definition) is 1. The fourth-order valence-electron chi connectivity index (χ4n) is 2.82. The van der Waals surface area contributed by atoms with Gasteiger partial charge in [0.1, 0.15) is 0 Å². The van der Waals surface area contributed by atoms with Crippen LogP contribution in [-0.2, 0) is 0 Å². The van der Waals surface area contributed by atoms with Gasteiger partial charge in [0.25, 0.3) is 0 Å². The first-order valence-electron chi connectivity index (χ1n) is 4.70. The summed E-state index contributed by atoms with van der Waals surface area (Å²) in [7, 11) is 0. The van der Waals surface area contributed by atoms with E-state index >= 15 is 0 Å². The van der Waals surface area contributed by atoms with Gasteiger partial charge >= 0.3 is 0 Å². The van der Waals surface area contributed by atoms with E-state index < -0.39 is 0 Å². The van der Waals surface area contributed by atoms with E-state index in [-0.39, 0.29) is 5.54 Å². The zero-order valence-electron chi connectivity index (χ0n) is 7.91. The number of hydrogen-bond donors (Lipinski definition) is 1. The molecule has 0 aromatic rings. The Morgan fingerprint density at radius 3 is 1.64 bits per heavy atom. The highest BCUT2D eigenvalue weighted by Crippen LogP contribution is 2.73. The molecule has 0 heterocycles. The van der Waals surface area contributed by atoms with Crippen LogP contribution in [0, 0.1) is 10.8 Å². The predicted molar refractivity (Wildman–Crippen MR) is 47.3 cm³/mol. The maximum atomic E-state index is 6.20. The van der Waals surface area contributed by atoms with Gasteiger partial charge < -0.3 is 5.73 Å². The van der Waals surface area contributed by atoms with Gasteiger partial charge in [-0.25, -0.2) is 0 Å². The molecular weight excluding hydrogens is 134 g/mol. The molecule has 0 aliphatic heterocycles. The summed E-state index contributed by atoms with van der Waals surface area (Å²) in [6.07, 6.45) is 5.56. The molecule has 64 valence electrons. The summed E-state index contributed by atoms with van der Waals surface area (Å²) in [6, 6.07) is 0. The summed E-state index contributed by atoms with van der Waals surface area (Å²) in [4.78, 5) is 0. The first-order valence-corrected chi connectivity index (χ1v) is 4.70. The monoisotopic (exact) mass is 153 g/mol. The lowest BCUT2D eigenvalue weighted by Crippen LogP contribution is -2.46.